The summed E-state index contributed by atoms with van der Waals surface area (Å²) in [6.07, 6.45) is 3.19. The molecule has 0 saturated heterocycles. The van der Waals surface area contributed by atoms with Gasteiger partial charge in [-0.1, -0.05) is 17.7 Å². The van der Waals surface area contributed by atoms with Gasteiger partial charge in [0.2, 0.25) is 0 Å². The van der Waals surface area contributed by atoms with Gasteiger partial charge in [0.05, 0.1) is 16.4 Å². The average molecular weight is 398 g/mol. The molecule has 2 aromatic heterocycles. The van der Waals surface area contributed by atoms with Crippen LogP contribution in [0.2, 0.25) is 5.02 Å². The summed E-state index contributed by atoms with van der Waals surface area (Å²) in [6.45, 7) is 6.64. The Kier molecular flexibility index (Phi) is 5.47. The summed E-state index contributed by atoms with van der Waals surface area (Å²) in [7, 11) is 0. The van der Waals surface area contributed by atoms with Crippen LogP contribution in [-0.2, 0) is 5.67 Å². The summed E-state index contributed by atoms with van der Waals surface area (Å²) < 4.78 is 14.1. The first-order valence-corrected chi connectivity index (χ1v) is 9.23. The molecule has 0 atom stereocenters. The molecule has 1 amide bonds. The van der Waals surface area contributed by atoms with Crippen LogP contribution < -0.4 is 5.32 Å². The van der Waals surface area contributed by atoms with E-state index in [1.165, 1.54) is 26.1 Å². The van der Waals surface area contributed by atoms with Crippen LogP contribution >= 0.6 is 11.6 Å². The number of pyridine rings is 2. The minimum Gasteiger partial charge on any atom is -0.322 e. The number of nitrogens with one attached hydrogen (secondary N) is 1. The van der Waals surface area contributed by atoms with Crippen LogP contribution in [0.15, 0.2) is 48.8 Å². The SMILES string of the molecule is Cc1ccc(NC(=O)c2ccnc(C(C)(C)F)c2)cc1-c1cnc(C)c(Cl)c1. The molecule has 0 aliphatic rings. The number of anilines is 1. The largest absolute Gasteiger partial charge is 0.322 e. The molecule has 0 aliphatic carbocycles. The summed E-state index contributed by atoms with van der Waals surface area (Å²) in [5, 5.41) is 3.45. The first-order chi connectivity index (χ1) is 13.1. The second kappa shape index (κ2) is 7.68. The average Bonchev–Trinajstić information content (AvgIpc) is 2.65. The molecule has 3 rings (SSSR count). The van der Waals surface area contributed by atoms with Crippen molar-refractivity contribution < 1.29 is 9.18 Å². The summed E-state index contributed by atoms with van der Waals surface area (Å²) in [5.74, 6) is -0.331. The molecule has 4 nitrogen and oxygen atoms in total. The van der Waals surface area contributed by atoms with Gasteiger partial charge in [-0.25, -0.2) is 4.39 Å². The van der Waals surface area contributed by atoms with Gasteiger partial charge in [-0.2, -0.15) is 0 Å². The Hall–Kier alpha value is -2.79. The third-order valence-corrected chi connectivity index (χ3v) is 4.85. The van der Waals surface area contributed by atoms with Crippen LogP contribution in [0.3, 0.4) is 0 Å². The molecule has 144 valence electrons. The van der Waals surface area contributed by atoms with Gasteiger partial charge in [-0.3, -0.25) is 14.8 Å². The predicted octanol–water partition coefficient (Wildman–Crippen LogP) is 5.87. The van der Waals surface area contributed by atoms with Gasteiger partial charge < -0.3 is 5.32 Å². The fourth-order valence-corrected chi connectivity index (χ4v) is 2.93. The molecule has 0 spiro atoms. The van der Waals surface area contributed by atoms with Gasteiger partial charge in [0, 0.05) is 29.2 Å². The minimum absolute atomic E-state index is 0.213. The molecule has 1 N–H and O–H groups in total. The third-order valence-electron chi connectivity index (χ3n) is 4.46. The number of benzene rings is 1. The molecule has 0 saturated carbocycles. The molecule has 3 aromatic rings. The van der Waals surface area contributed by atoms with E-state index in [4.69, 9.17) is 11.6 Å². The molecule has 0 unspecified atom stereocenters. The summed E-state index contributed by atoms with van der Waals surface area (Å²) >= 11 is 6.20. The number of aromatic nitrogens is 2. The van der Waals surface area contributed by atoms with E-state index in [1.54, 1.807) is 12.3 Å². The maximum absolute atomic E-state index is 14.1. The highest BCUT2D eigenvalue weighted by Gasteiger charge is 2.21. The van der Waals surface area contributed by atoms with Crippen molar-refractivity contribution in [1.82, 2.24) is 9.97 Å². The molecule has 2 heterocycles. The van der Waals surface area contributed by atoms with Crippen LogP contribution in [0.4, 0.5) is 10.1 Å². The Morgan fingerprint density at radius 2 is 1.86 bits per heavy atom. The molecule has 0 fully saturated rings. The Morgan fingerprint density at radius 1 is 1.11 bits per heavy atom. The quantitative estimate of drug-likeness (QED) is 0.598. The zero-order valence-corrected chi connectivity index (χ0v) is 16.9. The normalized spacial score (nSPS) is 11.4. The minimum atomic E-state index is -1.62. The fourth-order valence-electron chi connectivity index (χ4n) is 2.76. The van der Waals surface area contributed by atoms with Gasteiger partial charge >= 0.3 is 0 Å². The lowest BCUT2D eigenvalue weighted by Gasteiger charge is -2.14. The van der Waals surface area contributed by atoms with E-state index in [0.29, 0.717) is 16.3 Å². The predicted molar refractivity (Wildman–Crippen MR) is 110 cm³/mol. The topological polar surface area (TPSA) is 54.9 Å². The van der Waals surface area contributed by atoms with Crippen molar-refractivity contribution >= 4 is 23.2 Å². The van der Waals surface area contributed by atoms with Crippen molar-refractivity contribution in [3.63, 3.8) is 0 Å². The third kappa shape index (κ3) is 4.37. The van der Waals surface area contributed by atoms with Gasteiger partial charge in [0.15, 0.2) is 0 Å². The maximum Gasteiger partial charge on any atom is 0.255 e. The number of aryl methyl sites for hydroxylation is 2. The first-order valence-electron chi connectivity index (χ1n) is 8.85. The molecular weight excluding hydrogens is 377 g/mol. The number of carbonyl (C=O) groups excluding carboxylic acids is 1. The van der Waals surface area contributed by atoms with Crippen molar-refractivity contribution in [2.75, 3.05) is 5.32 Å². The smallest absolute Gasteiger partial charge is 0.255 e. The molecule has 0 radical (unpaired) electrons. The first kappa shape index (κ1) is 20.0. The van der Waals surface area contributed by atoms with E-state index in [-0.39, 0.29) is 11.6 Å². The number of hydrogen-bond donors (Lipinski definition) is 1. The van der Waals surface area contributed by atoms with E-state index >= 15 is 0 Å². The molecule has 0 aliphatic heterocycles. The highest BCUT2D eigenvalue weighted by atomic mass is 35.5. The number of alkyl halides is 1. The Morgan fingerprint density at radius 3 is 2.54 bits per heavy atom. The highest BCUT2D eigenvalue weighted by molar-refractivity contribution is 6.31. The second-order valence-electron chi connectivity index (χ2n) is 7.18. The Bertz CT molecular complexity index is 1040. The van der Waals surface area contributed by atoms with Crippen LogP contribution in [0.5, 0.6) is 0 Å². The van der Waals surface area contributed by atoms with Gasteiger partial charge in [0.1, 0.15) is 5.67 Å². The Balaban J connectivity index is 1.89. The van der Waals surface area contributed by atoms with E-state index < -0.39 is 5.67 Å². The van der Waals surface area contributed by atoms with Crippen molar-refractivity contribution in [3.05, 3.63) is 76.3 Å². The molecule has 28 heavy (non-hydrogen) atoms. The lowest BCUT2D eigenvalue weighted by Crippen LogP contribution is -2.16. The molecule has 6 heteroatoms. The van der Waals surface area contributed by atoms with E-state index in [0.717, 1.165) is 22.4 Å². The zero-order chi connectivity index (χ0) is 20.5. The number of amides is 1. The van der Waals surface area contributed by atoms with Gasteiger partial charge in [-0.05, 0) is 69.2 Å². The van der Waals surface area contributed by atoms with Gasteiger partial charge in [0.25, 0.3) is 5.91 Å². The highest BCUT2D eigenvalue weighted by Crippen LogP contribution is 2.29. The van der Waals surface area contributed by atoms with Crippen LogP contribution in [0.1, 0.15) is 41.2 Å². The van der Waals surface area contributed by atoms with Crippen LogP contribution in [0, 0.1) is 13.8 Å². The number of rotatable bonds is 4. The standard InChI is InChI=1S/C22H21ClFN3O/c1-13-5-6-17(11-18(13)16-9-19(23)14(2)26-12-16)27-21(28)15-7-8-25-20(10-15)22(3,4)24/h5-12H,1-4H3,(H,27,28). The number of halogens is 2. The van der Waals surface area contributed by atoms with E-state index in [2.05, 4.69) is 15.3 Å². The summed E-state index contributed by atoms with van der Waals surface area (Å²) in [6, 6.07) is 10.5. The lowest BCUT2D eigenvalue weighted by molar-refractivity contribution is 0.102. The maximum atomic E-state index is 14.1. The van der Waals surface area contributed by atoms with Crippen molar-refractivity contribution in [2.45, 2.75) is 33.4 Å². The summed E-state index contributed by atoms with van der Waals surface area (Å²) in [5.41, 5.74) is 3.15. The van der Waals surface area contributed by atoms with Crippen molar-refractivity contribution in [2.24, 2.45) is 0 Å². The zero-order valence-electron chi connectivity index (χ0n) is 16.2. The van der Waals surface area contributed by atoms with Crippen molar-refractivity contribution in [3.8, 4) is 11.1 Å². The summed E-state index contributed by atoms with van der Waals surface area (Å²) in [4.78, 5) is 20.9. The van der Waals surface area contributed by atoms with Crippen LogP contribution in [-0.4, -0.2) is 15.9 Å². The Labute approximate surface area is 168 Å². The molecule has 0 bridgehead atoms. The monoisotopic (exact) mass is 397 g/mol. The van der Waals surface area contributed by atoms with E-state index in [1.807, 2.05) is 38.1 Å². The molecule has 1 aromatic carbocycles. The number of nitrogens with zero attached hydrogens (tertiary/aromatic N) is 2. The number of carbonyl (C=O) groups is 1. The van der Waals surface area contributed by atoms with Gasteiger partial charge in [-0.15, -0.1) is 0 Å². The lowest BCUT2D eigenvalue weighted by atomic mass is 10.0. The second-order valence-corrected chi connectivity index (χ2v) is 7.58. The fraction of sp³-hybridized carbons (Fsp3) is 0.227. The van der Waals surface area contributed by atoms with Crippen molar-refractivity contribution in [1.29, 1.82) is 0 Å². The molecular formula is C22H21ClFN3O. The van der Waals surface area contributed by atoms with Crippen LogP contribution in [0.25, 0.3) is 11.1 Å². The van der Waals surface area contributed by atoms with E-state index in [9.17, 15) is 9.18 Å². The number of hydrogen-bond acceptors (Lipinski definition) is 3.